The fraction of sp³-hybridized carbons (Fsp3) is 0.267. The third kappa shape index (κ3) is 2.04. The Morgan fingerprint density at radius 1 is 1.28 bits per heavy atom. The quantitative estimate of drug-likeness (QED) is 0.898. The Balaban J connectivity index is 2.64. The van der Waals surface area contributed by atoms with Crippen LogP contribution in [0.1, 0.15) is 34.1 Å². The highest BCUT2D eigenvalue weighted by molar-refractivity contribution is 5.89. The van der Waals surface area contributed by atoms with Crippen LogP contribution < -0.4 is 0 Å². The lowest BCUT2D eigenvalue weighted by molar-refractivity contribution is 0.0696. The molecule has 18 heavy (non-hydrogen) atoms. The average molecular weight is 243 g/mol. The van der Waals surface area contributed by atoms with Gasteiger partial charge in [0.15, 0.2) is 0 Å². The number of aromatic carboxylic acids is 1. The third-order valence-corrected chi connectivity index (χ3v) is 3.18. The van der Waals surface area contributed by atoms with Crippen molar-refractivity contribution in [3.8, 4) is 5.69 Å². The van der Waals surface area contributed by atoms with E-state index in [0.29, 0.717) is 12.0 Å². The van der Waals surface area contributed by atoms with Crippen molar-refractivity contribution in [2.45, 2.75) is 27.2 Å². The number of benzene rings is 1. The lowest BCUT2D eigenvalue weighted by Gasteiger charge is -2.12. The van der Waals surface area contributed by atoms with E-state index in [1.807, 2.05) is 31.5 Å². The normalized spacial score (nSPS) is 10.6. The molecule has 0 unspecified atom stereocenters. The van der Waals surface area contributed by atoms with Crippen molar-refractivity contribution in [3.05, 3.63) is 52.8 Å². The number of aryl methyl sites for hydroxylation is 2. The minimum atomic E-state index is -0.865. The molecule has 2 rings (SSSR count). The first-order chi connectivity index (χ1) is 8.54. The first-order valence-corrected chi connectivity index (χ1v) is 6.05. The van der Waals surface area contributed by atoms with E-state index < -0.39 is 5.97 Å². The summed E-state index contributed by atoms with van der Waals surface area (Å²) in [5.74, 6) is -0.865. The highest BCUT2D eigenvalue weighted by Gasteiger charge is 2.15. The minimum Gasteiger partial charge on any atom is -0.478 e. The van der Waals surface area contributed by atoms with E-state index in [0.717, 1.165) is 16.9 Å². The number of nitrogens with zero attached hydrogens (tertiary/aromatic N) is 1. The largest absolute Gasteiger partial charge is 0.478 e. The van der Waals surface area contributed by atoms with Crippen molar-refractivity contribution < 1.29 is 9.90 Å². The van der Waals surface area contributed by atoms with Crippen molar-refractivity contribution in [3.63, 3.8) is 0 Å². The summed E-state index contributed by atoms with van der Waals surface area (Å²) in [6.45, 7) is 6.05. The van der Waals surface area contributed by atoms with Crippen molar-refractivity contribution >= 4 is 5.97 Å². The smallest absolute Gasteiger partial charge is 0.337 e. The summed E-state index contributed by atoms with van der Waals surface area (Å²) in [5, 5.41) is 9.17. The van der Waals surface area contributed by atoms with E-state index in [-0.39, 0.29) is 0 Å². The van der Waals surface area contributed by atoms with Gasteiger partial charge in [-0.25, -0.2) is 4.79 Å². The Labute approximate surface area is 107 Å². The molecule has 1 aromatic carbocycles. The predicted molar refractivity (Wildman–Crippen MR) is 71.6 cm³/mol. The molecular formula is C15H17NO2. The minimum absolute atomic E-state index is 0.387. The van der Waals surface area contributed by atoms with Crippen molar-refractivity contribution in [2.24, 2.45) is 0 Å². The van der Waals surface area contributed by atoms with Crippen LogP contribution in [-0.2, 0) is 6.42 Å². The van der Waals surface area contributed by atoms with Gasteiger partial charge in [-0.2, -0.15) is 0 Å². The molecule has 0 bridgehead atoms. The van der Waals surface area contributed by atoms with E-state index in [1.54, 1.807) is 6.07 Å². The van der Waals surface area contributed by atoms with Gasteiger partial charge in [0, 0.05) is 17.6 Å². The van der Waals surface area contributed by atoms with Crippen LogP contribution in [-0.4, -0.2) is 15.6 Å². The second kappa shape index (κ2) is 4.69. The highest BCUT2D eigenvalue weighted by atomic mass is 16.4. The maximum absolute atomic E-state index is 11.2. The van der Waals surface area contributed by atoms with E-state index >= 15 is 0 Å². The highest BCUT2D eigenvalue weighted by Crippen LogP contribution is 2.22. The molecule has 0 aliphatic heterocycles. The second-order valence-corrected chi connectivity index (χ2v) is 4.49. The topological polar surface area (TPSA) is 42.2 Å². The molecule has 0 amide bonds. The SMILES string of the molecule is CCc1c(C(=O)O)ccn1-c1cc(C)ccc1C. The molecule has 0 spiro atoms. The van der Waals surface area contributed by atoms with E-state index in [2.05, 4.69) is 18.2 Å². The molecule has 0 atom stereocenters. The molecule has 0 saturated heterocycles. The van der Waals surface area contributed by atoms with Crippen molar-refractivity contribution in [1.82, 2.24) is 4.57 Å². The summed E-state index contributed by atoms with van der Waals surface area (Å²) in [5.41, 5.74) is 4.60. The molecule has 0 fully saturated rings. The summed E-state index contributed by atoms with van der Waals surface area (Å²) in [7, 11) is 0. The molecule has 1 heterocycles. The molecule has 2 aromatic rings. The van der Waals surface area contributed by atoms with Gasteiger partial charge in [-0.15, -0.1) is 0 Å². The number of carboxylic acids is 1. The summed E-state index contributed by atoms with van der Waals surface area (Å²) in [4.78, 5) is 11.2. The van der Waals surface area contributed by atoms with Crippen LogP contribution >= 0.6 is 0 Å². The lowest BCUT2D eigenvalue weighted by Crippen LogP contribution is -2.05. The fourth-order valence-electron chi connectivity index (χ4n) is 2.23. The van der Waals surface area contributed by atoms with Crippen LogP contribution in [0.2, 0.25) is 0 Å². The number of carboxylic acid groups (broad SMARTS) is 1. The van der Waals surface area contributed by atoms with Crippen molar-refractivity contribution in [2.75, 3.05) is 0 Å². The summed E-state index contributed by atoms with van der Waals surface area (Å²) < 4.78 is 1.98. The molecule has 0 aliphatic carbocycles. The van der Waals surface area contributed by atoms with Crippen LogP contribution in [0, 0.1) is 13.8 Å². The van der Waals surface area contributed by atoms with Crippen LogP contribution in [0.4, 0.5) is 0 Å². The van der Waals surface area contributed by atoms with Gasteiger partial charge < -0.3 is 9.67 Å². The van der Waals surface area contributed by atoms with Gasteiger partial charge in [0.25, 0.3) is 0 Å². The van der Waals surface area contributed by atoms with Gasteiger partial charge in [0.1, 0.15) is 0 Å². The predicted octanol–water partition coefficient (Wildman–Crippen LogP) is 3.35. The molecule has 0 saturated carbocycles. The van der Waals surface area contributed by atoms with Gasteiger partial charge in [-0.05, 0) is 43.5 Å². The Bertz CT molecular complexity index is 597. The van der Waals surface area contributed by atoms with Gasteiger partial charge >= 0.3 is 5.97 Å². The van der Waals surface area contributed by atoms with E-state index in [9.17, 15) is 4.79 Å². The van der Waals surface area contributed by atoms with Crippen LogP contribution in [0.5, 0.6) is 0 Å². The molecule has 1 aromatic heterocycles. The fourth-order valence-corrected chi connectivity index (χ4v) is 2.23. The summed E-state index contributed by atoms with van der Waals surface area (Å²) >= 11 is 0. The van der Waals surface area contributed by atoms with Gasteiger partial charge in [-0.1, -0.05) is 19.1 Å². The number of aromatic nitrogens is 1. The summed E-state index contributed by atoms with van der Waals surface area (Å²) in [6.07, 6.45) is 2.53. The standard InChI is InChI=1S/C15H17NO2/c1-4-13-12(15(17)18)7-8-16(13)14-9-10(2)5-6-11(14)3/h5-9H,4H2,1-3H3,(H,17,18). The molecule has 1 N–H and O–H groups in total. The lowest BCUT2D eigenvalue weighted by atomic mass is 10.1. The Kier molecular flexibility index (Phi) is 3.24. The van der Waals surface area contributed by atoms with Crippen molar-refractivity contribution in [1.29, 1.82) is 0 Å². The maximum atomic E-state index is 11.2. The van der Waals surface area contributed by atoms with Gasteiger partial charge in [-0.3, -0.25) is 0 Å². The van der Waals surface area contributed by atoms with Crippen LogP contribution in [0.15, 0.2) is 30.5 Å². The number of rotatable bonds is 3. The molecule has 3 nitrogen and oxygen atoms in total. The van der Waals surface area contributed by atoms with Gasteiger partial charge in [0.05, 0.1) is 5.56 Å². The van der Waals surface area contributed by atoms with E-state index in [4.69, 9.17) is 5.11 Å². The zero-order valence-corrected chi connectivity index (χ0v) is 10.9. The number of hydrogen-bond donors (Lipinski definition) is 1. The third-order valence-electron chi connectivity index (χ3n) is 3.18. The molecule has 0 radical (unpaired) electrons. The second-order valence-electron chi connectivity index (χ2n) is 4.49. The Morgan fingerprint density at radius 2 is 2.00 bits per heavy atom. The molecule has 94 valence electrons. The molecule has 0 aliphatic rings. The Hall–Kier alpha value is -2.03. The average Bonchev–Trinajstić information content (AvgIpc) is 2.75. The zero-order chi connectivity index (χ0) is 13.3. The maximum Gasteiger partial charge on any atom is 0.337 e. The Morgan fingerprint density at radius 3 is 2.61 bits per heavy atom. The monoisotopic (exact) mass is 243 g/mol. The van der Waals surface area contributed by atoms with E-state index in [1.165, 1.54) is 5.56 Å². The number of carbonyl (C=O) groups is 1. The molecular weight excluding hydrogens is 226 g/mol. The van der Waals surface area contributed by atoms with Gasteiger partial charge in [0.2, 0.25) is 0 Å². The van der Waals surface area contributed by atoms with Crippen LogP contribution in [0.25, 0.3) is 5.69 Å². The summed E-state index contributed by atoms with van der Waals surface area (Å²) in [6, 6.07) is 7.87. The van der Waals surface area contributed by atoms with Crippen LogP contribution in [0.3, 0.4) is 0 Å². The molecule has 3 heteroatoms. The number of hydrogen-bond acceptors (Lipinski definition) is 1. The zero-order valence-electron chi connectivity index (χ0n) is 10.9. The first-order valence-electron chi connectivity index (χ1n) is 6.05. The first kappa shape index (κ1) is 12.4.